The highest BCUT2D eigenvalue weighted by molar-refractivity contribution is 5.97. The third kappa shape index (κ3) is 7.23. The molecule has 0 aliphatic heterocycles. The fourth-order valence-corrected chi connectivity index (χ4v) is 2.78. The van der Waals surface area contributed by atoms with Crippen LogP contribution in [0.4, 0.5) is 4.79 Å². The molecule has 0 radical (unpaired) electrons. The normalized spacial score (nSPS) is 13.5. The molecule has 0 aromatic heterocycles. The van der Waals surface area contributed by atoms with Crippen molar-refractivity contribution in [2.45, 2.75) is 51.7 Å². The molecule has 0 saturated carbocycles. The van der Waals surface area contributed by atoms with Crippen molar-refractivity contribution < 1.29 is 9.59 Å². The van der Waals surface area contributed by atoms with Crippen LogP contribution in [-0.2, 0) is 11.2 Å². The van der Waals surface area contributed by atoms with Gasteiger partial charge in [0.1, 0.15) is 0 Å². The van der Waals surface area contributed by atoms with Gasteiger partial charge in [-0.15, -0.1) is 0 Å². The van der Waals surface area contributed by atoms with E-state index in [4.69, 9.17) is 0 Å². The van der Waals surface area contributed by atoms with Gasteiger partial charge in [0, 0.05) is 11.6 Å². The molecule has 2 atom stereocenters. The first-order valence-electron chi connectivity index (χ1n) is 9.22. The fourth-order valence-electron chi connectivity index (χ4n) is 2.78. The van der Waals surface area contributed by atoms with Gasteiger partial charge in [-0.2, -0.15) is 0 Å². The van der Waals surface area contributed by atoms with Gasteiger partial charge in [-0.25, -0.2) is 4.79 Å². The molecule has 5 heteroatoms. The lowest BCUT2D eigenvalue weighted by atomic mass is 9.98. The monoisotopic (exact) mass is 367 g/mol. The highest BCUT2D eigenvalue weighted by Gasteiger charge is 2.22. The molecule has 0 fully saturated rings. The fraction of sp³-hybridized carbons (Fsp3) is 0.364. The minimum atomic E-state index is -0.523. The van der Waals surface area contributed by atoms with E-state index >= 15 is 0 Å². The van der Waals surface area contributed by atoms with E-state index in [1.54, 1.807) is 6.92 Å². The molecular formula is C22H29N3O2. The standard InChI is InChI=1S/C22H29N3O2/c1-16(20(26)24-21(27)25-22(2,3)4)23-19(18-13-9-6-10-14-18)15-17-11-7-5-8-12-17/h5-14,16,19,23H,15H2,1-4H3,(H2,24,25,26,27)/t16-,19+/m1/s1. The van der Waals surface area contributed by atoms with Gasteiger partial charge in [0.05, 0.1) is 6.04 Å². The maximum absolute atomic E-state index is 12.4. The molecule has 144 valence electrons. The lowest BCUT2D eigenvalue weighted by molar-refractivity contribution is -0.121. The predicted molar refractivity (Wildman–Crippen MR) is 108 cm³/mol. The molecule has 0 spiro atoms. The molecule has 0 bridgehead atoms. The predicted octanol–water partition coefficient (Wildman–Crippen LogP) is 3.57. The summed E-state index contributed by atoms with van der Waals surface area (Å²) >= 11 is 0. The minimum absolute atomic E-state index is 0.0416. The Hall–Kier alpha value is -2.66. The Balaban J connectivity index is 2.05. The third-order valence-corrected chi connectivity index (χ3v) is 4.05. The SMILES string of the molecule is C[C@@H](N[C@@H](Cc1ccccc1)c1ccccc1)C(=O)NC(=O)NC(C)(C)C. The van der Waals surface area contributed by atoms with Gasteiger partial charge >= 0.3 is 6.03 Å². The summed E-state index contributed by atoms with van der Waals surface area (Å²) in [6.45, 7) is 7.36. The summed E-state index contributed by atoms with van der Waals surface area (Å²) in [4.78, 5) is 24.4. The van der Waals surface area contributed by atoms with Crippen LogP contribution in [0.15, 0.2) is 60.7 Å². The molecule has 3 N–H and O–H groups in total. The Morgan fingerprint density at radius 3 is 2.04 bits per heavy atom. The summed E-state index contributed by atoms with van der Waals surface area (Å²) in [6, 6.07) is 19.1. The highest BCUT2D eigenvalue weighted by atomic mass is 16.2. The Bertz CT molecular complexity index is 739. The number of nitrogens with one attached hydrogen (secondary N) is 3. The number of amides is 3. The van der Waals surface area contributed by atoms with Crippen LogP contribution in [0.3, 0.4) is 0 Å². The van der Waals surface area contributed by atoms with Crippen LogP contribution in [0.1, 0.15) is 44.9 Å². The molecular weight excluding hydrogens is 338 g/mol. The van der Waals surface area contributed by atoms with Crippen LogP contribution < -0.4 is 16.0 Å². The summed E-state index contributed by atoms with van der Waals surface area (Å²) in [6.07, 6.45) is 0.747. The number of urea groups is 1. The van der Waals surface area contributed by atoms with Gasteiger partial charge in [-0.3, -0.25) is 15.4 Å². The summed E-state index contributed by atoms with van der Waals surface area (Å²) in [5.74, 6) is -0.356. The number of hydrogen-bond acceptors (Lipinski definition) is 3. The molecule has 2 aromatic carbocycles. The molecule has 0 saturated heterocycles. The van der Waals surface area contributed by atoms with Gasteiger partial charge in [-0.05, 0) is 45.2 Å². The van der Waals surface area contributed by atoms with E-state index in [9.17, 15) is 9.59 Å². The summed E-state index contributed by atoms with van der Waals surface area (Å²) in [5.41, 5.74) is 1.87. The lowest BCUT2D eigenvalue weighted by Gasteiger charge is -2.25. The number of rotatable bonds is 6. The number of carbonyl (C=O) groups excluding carboxylic acids is 2. The number of carbonyl (C=O) groups is 2. The van der Waals surface area contributed by atoms with Crippen LogP contribution >= 0.6 is 0 Å². The van der Waals surface area contributed by atoms with Crippen LogP contribution in [0.2, 0.25) is 0 Å². The third-order valence-electron chi connectivity index (χ3n) is 4.05. The molecule has 0 aliphatic rings. The zero-order valence-electron chi connectivity index (χ0n) is 16.5. The second-order valence-corrected chi connectivity index (χ2v) is 7.73. The average Bonchev–Trinajstić information content (AvgIpc) is 2.61. The highest BCUT2D eigenvalue weighted by Crippen LogP contribution is 2.19. The van der Waals surface area contributed by atoms with Crippen LogP contribution in [0, 0.1) is 0 Å². The van der Waals surface area contributed by atoms with Crippen molar-refractivity contribution in [1.29, 1.82) is 0 Å². The van der Waals surface area contributed by atoms with Crippen LogP contribution in [0.5, 0.6) is 0 Å². The molecule has 5 nitrogen and oxygen atoms in total. The average molecular weight is 367 g/mol. The van der Waals surface area contributed by atoms with E-state index in [2.05, 4.69) is 28.1 Å². The van der Waals surface area contributed by atoms with Gasteiger partial charge < -0.3 is 5.32 Å². The van der Waals surface area contributed by atoms with Crippen molar-refractivity contribution in [3.8, 4) is 0 Å². The minimum Gasteiger partial charge on any atom is -0.333 e. The van der Waals surface area contributed by atoms with Crippen molar-refractivity contribution in [3.63, 3.8) is 0 Å². The van der Waals surface area contributed by atoms with E-state index in [1.165, 1.54) is 5.56 Å². The molecule has 0 aliphatic carbocycles. The first-order valence-corrected chi connectivity index (χ1v) is 9.22. The molecule has 27 heavy (non-hydrogen) atoms. The molecule has 2 aromatic rings. The van der Waals surface area contributed by atoms with Gasteiger partial charge in [-0.1, -0.05) is 60.7 Å². The maximum atomic E-state index is 12.4. The van der Waals surface area contributed by atoms with Crippen LogP contribution in [0.25, 0.3) is 0 Å². The Morgan fingerprint density at radius 1 is 0.926 bits per heavy atom. The molecule has 3 amide bonds. The Morgan fingerprint density at radius 2 is 1.48 bits per heavy atom. The van der Waals surface area contributed by atoms with E-state index in [1.807, 2.05) is 69.3 Å². The van der Waals surface area contributed by atoms with E-state index in [0.29, 0.717) is 0 Å². The van der Waals surface area contributed by atoms with E-state index < -0.39 is 17.6 Å². The van der Waals surface area contributed by atoms with Crippen LogP contribution in [-0.4, -0.2) is 23.5 Å². The van der Waals surface area contributed by atoms with Crippen molar-refractivity contribution in [1.82, 2.24) is 16.0 Å². The van der Waals surface area contributed by atoms with Crippen molar-refractivity contribution >= 4 is 11.9 Å². The second kappa shape index (κ2) is 9.33. The maximum Gasteiger partial charge on any atom is 0.321 e. The number of hydrogen-bond donors (Lipinski definition) is 3. The zero-order valence-corrected chi connectivity index (χ0v) is 16.5. The van der Waals surface area contributed by atoms with Gasteiger partial charge in [0.25, 0.3) is 0 Å². The second-order valence-electron chi connectivity index (χ2n) is 7.73. The zero-order chi connectivity index (χ0) is 19.9. The smallest absolute Gasteiger partial charge is 0.321 e. The molecule has 0 unspecified atom stereocenters. The van der Waals surface area contributed by atoms with Crippen molar-refractivity contribution in [3.05, 3.63) is 71.8 Å². The first kappa shape index (κ1) is 20.6. The lowest BCUT2D eigenvalue weighted by Crippen LogP contribution is -2.52. The first-order chi connectivity index (χ1) is 12.7. The topological polar surface area (TPSA) is 70.2 Å². The van der Waals surface area contributed by atoms with Gasteiger partial charge in [0.15, 0.2) is 0 Å². The number of imide groups is 1. The summed E-state index contributed by atoms with van der Waals surface area (Å²) in [7, 11) is 0. The summed E-state index contributed by atoms with van der Waals surface area (Å²) in [5, 5.41) is 8.49. The summed E-state index contributed by atoms with van der Waals surface area (Å²) < 4.78 is 0. The number of benzene rings is 2. The Labute approximate surface area is 161 Å². The van der Waals surface area contributed by atoms with Crippen molar-refractivity contribution in [2.24, 2.45) is 0 Å². The molecule has 2 rings (SSSR count). The molecule has 0 heterocycles. The quantitative estimate of drug-likeness (QED) is 0.731. The van der Waals surface area contributed by atoms with E-state index in [-0.39, 0.29) is 11.9 Å². The van der Waals surface area contributed by atoms with E-state index in [0.717, 1.165) is 12.0 Å². The van der Waals surface area contributed by atoms with Gasteiger partial charge in [0.2, 0.25) is 5.91 Å². The van der Waals surface area contributed by atoms with Crippen molar-refractivity contribution in [2.75, 3.05) is 0 Å². The Kier molecular flexibility index (Phi) is 7.13. The largest absolute Gasteiger partial charge is 0.333 e.